The molecule has 106 valence electrons. The van der Waals surface area contributed by atoms with Crippen LogP contribution in [-0.2, 0) is 11.3 Å². The summed E-state index contributed by atoms with van der Waals surface area (Å²) in [7, 11) is 1.30. The lowest BCUT2D eigenvalue weighted by molar-refractivity contribution is 0.0593. The highest BCUT2D eigenvalue weighted by atomic mass is 32.1. The third kappa shape index (κ3) is 2.55. The van der Waals surface area contributed by atoms with Gasteiger partial charge in [-0.3, -0.25) is 9.36 Å². The molecule has 0 saturated heterocycles. The molecule has 0 aromatic carbocycles. The van der Waals surface area contributed by atoms with E-state index in [2.05, 4.69) is 14.7 Å². The van der Waals surface area contributed by atoms with Gasteiger partial charge in [0.25, 0.3) is 5.56 Å². The summed E-state index contributed by atoms with van der Waals surface area (Å²) in [6.45, 7) is 0.252. The molecular weight excluding hydrogens is 290 g/mol. The van der Waals surface area contributed by atoms with Gasteiger partial charge < -0.3 is 4.74 Å². The van der Waals surface area contributed by atoms with Gasteiger partial charge in [-0.2, -0.15) is 0 Å². The third-order valence-corrected chi connectivity index (χ3v) is 3.73. The highest BCUT2D eigenvalue weighted by Crippen LogP contribution is 2.12. The maximum Gasteiger partial charge on any atom is 0.356 e. The number of methoxy groups -OCH3 is 1. The third-order valence-electron chi connectivity index (χ3n) is 3.00. The first-order valence-corrected chi connectivity index (χ1v) is 7.09. The Labute approximate surface area is 123 Å². The van der Waals surface area contributed by atoms with E-state index in [4.69, 9.17) is 0 Å². The maximum absolute atomic E-state index is 12.3. The zero-order valence-corrected chi connectivity index (χ0v) is 12.0. The topological polar surface area (TPSA) is 74.1 Å². The largest absolute Gasteiger partial charge is 0.464 e. The number of pyridine rings is 1. The van der Waals surface area contributed by atoms with Gasteiger partial charge in [-0.15, -0.1) is 11.3 Å². The first kappa shape index (κ1) is 13.4. The second-order valence-corrected chi connectivity index (χ2v) is 5.10. The van der Waals surface area contributed by atoms with Crippen LogP contribution in [0, 0.1) is 0 Å². The summed E-state index contributed by atoms with van der Waals surface area (Å²) in [4.78, 5) is 32.2. The van der Waals surface area contributed by atoms with E-state index < -0.39 is 5.97 Å². The molecule has 3 rings (SSSR count). The fourth-order valence-electron chi connectivity index (χ4n) is 1.96. The number of thiophene rings is 1. The summed E-state index contributed by atoms with van der Waals surface area (Å²) in [5.41, 5.74) is 1.38. The number of esters is 1. The molecular formula is C14H11N3O3S. The average molecular weight is 301 g/mol. The van der Waals surface area contributed by atoms with Crippen LogP contribution >= 0.6 is 11.3 Å². The molecule has 0 bridgehead atoms. The summed E-state index contributed by atoms with van der Waals surface area (Å²) in [5.74, 6) is -0.504. The molecule has 0 amide bonds. The van der Waals surface area contributed by atoms with Gasteiger partial charge in [-0.25, -0.2) is 14.8 Å². The first-order valence-electron chi connectivity index (χ1n) is 6.14. The Hall–Kier alpha value is -2.54. The highest BCUT2D eigenvalue weighted by molar-refractivity contribution is 7.09. The zero-order chi connectivity index (χ0) is 14.8. The summed E-state index contributed by atoms with van der Waals surface area (Å²) in [6, 6.07) is 5.02. The molecule has 0 spiro atoms. The van der Waals surface area contributed by atoms with Crippen LogP contribution in [0.15, 0.2) is 40.1 Å². The normalized spacial score (nSPS) is 10.7. The summed E-state index contributed by atoms with van der Waals surface area (Å²) in [6.07, 6.45) is 1.49. The molecule has 0 aliphatic rings. The number of fused-ring (bicyclic) bond motifs is 1. The molecule has 0 radical (unpaired) electrons. The molecule has 21 heavy (non-hydrogen) atoms. The van der Waals surface area contributed by atoms with Crippen molar-refractivity contribution in [3.8, 4) is 0 Å². The first-order chi connectivity index (χ1) is 10.2. The average Bonchev–Trinajstić information content (AvgIpc) is 2.99. The molecule has 0 fully saturated rings. The minimum Gasteiger partial charge on any atom is -0.464 e. The van der Waals surface area contributed by atoms with Gasteiger partial charge in [0, 0.05) is 10.8 Å². The van der Waals surface area contributed by atoms with Crippen molar-refractivity contribution in [3.05, 3.63) is 57.0 Å². The molecule has 6 nitrogen and oxygen atoms in total. The molecule has 3 heterocycles. The van der Waals surface area contributed by atoms with E-state index >= 15 is 0 Å². The Kier molecular flexibility index (Phi) is 3.49. The quantitative estimate of drug-likeness (QED) is 0.688. The Morgan fingerprint density at radius 1 is 1.38 bits per heavy atom. The van der Waals surface area contributed by atoms with E-state index in [-0.39, 0.29) is 17.8 Å². The second-order valence-electron chi connectivity index (χ2n) is 4.35. The van der Waals surface area contributed by atoms with Crippen LogP contribution in [0.3, 0.4) is 0 Å². The van der Waals surface area contributed by atoms with Crippen molar-refractivity contribution >= 4 is 28.2 Å². The van der Waals surface area contributed by atoms with Crippen LogP contribution in [0.25, 0.3) is 10.9 Å². The number of nitrogens with zero attached hydrogens (tertiary/aromatic N) is 3. The van der Waals surface area contributed by atoms with Gasteiger partial charge in [0.15, 0.2) is 0 Å². The van der Waals surface area contributed by atoms with Crippen LogP contribution in [0.4, 0.5) is 0 Å². The van der Waals surface area contributed by atoms with Gasteiger partial charge in [-0.1, -0.05) is 6.07 Å². The number of carbonyl (C=O) groups is 1. The van der Waals surface area contributed by atoms with Crippen LogP contribution in [-0.4, -0.2) is 27.6 Å². The standard InChI is InChI=1S/C14H11N3O3S/c1-20-14(19)11-4-2-3-9(16-11)5-17-8-15-12-7-21-6-10(12)13(17)18/h2-4,6-8H,5H2,1H3. The van der Waals surface area contributed by atoms with E-state index in [0.29, 0.717) is 16.6 Å². The van der Waals surface area contributed by atoms with Crippen molar-refractivity contribution in [2.45, 2.75) is 6.54 Å². The van der Waals surface area contributed by atoms with Gasteiger partial charge in [0.05, 0.1) is 36.6 Å². The number of rotatable bonds is 3. The minimum atomic E-state index is -0.504. The van der Waals surface area contributed by atoms with Gasteiger partial charge >= 0.3 is 5.97 Å². The molecule has 3 aromatic heterocycles. The van der Waals surface area contributed by atoms with E-state index in [0.717, 1.165) is 0 Å². The Morgan fingerprint density at radius 2 is 2.24 bits per heavy atom. The molecule has 0 aliphatic carbocycles. The van der Waals surface area contributed by atoms with Crippen LogP contribution in [0.5, 0.6) is 0 Å². The molecule has 0 N–H and O–H groups in total. The van der Waals surface area contributed by atoms with Gasteiger partial charge in [-0.05, 0) is 12.1 Å². The lowest BCUT2D eigenvalue weighted by Crippen LogP contribution is -2.21. The van der Waals surface area contributed by atoms with Crippen molar-refractivity contribution in [1.82, 2.24) is 14.5 Å². The molecule has 3 aromatic rings. The van der Waals surface area contributed by atoms with Crippen molar-refractivity contribution < 1.29 is 9.53 Å². The molecule has 0 atom stereocenters. The van der Waals surface area contributed by atoms with Crippen LogP contribution < -0.4 is 5.56 Å². The Bertz CT molecular complexity index is 869. The second kappa shape index (κ2) is 5.45. The zero-order valence-electron chi connectivity index (χ0n) is 11.1. The number of carbonyl (C=O) groups excluding carboxylic acids is 1. The smallest absolute Gasteiger partial charge is 0.356 e. The van der Waals surface area contributed by atoms with Gasteiger partial charge in [0.2, 0.25) is 0 Å². The summed E-state index contributed by atoms with van der Waals surface area (Å²) < 4.78 is 6.10. The van der Waals surface area contributed by atoms with Crippen LogP contribution in [0.2, 0.25) is 0 Å². The lowest BCUT2D eigenvalue weighted by Gasteiger charge is -2.06. The molecule has 7 heteroatoms. The Morgan fingerprint density at radius 3 is 3.05 bits per heavy atom. The lowest BCUT2D eigenvalue weighted by atomic mass is 10.3. The van der Waals surface area contributed by atoms with E-state index in [1.165, 1.54) is 29.3 Å². The number of hydrogen-bond donors (Lipinski definition) is 0. The Balaban J connectivity index is 1.97. The van der Waals surface area contributed by atoms with E-state index in [9.17, 15) is 9.59 Å². The predicted molar refractivity (Wildman–Crippen MR) is 78.6 cm³/mol. The van der Waals surface area contributed by atoms with E-state index in [1.54, 1.807) is 23.6 Å². The van der Waals surface area contributed by atoms with Crippen molar-refractivity contribution in [1.29, 1.82) is 0 Å². The maximum atomic E-state index is 12.3. The number of ether oxygens (including phenoxy) is 1. The molecule has 0 saturated carbocycles. The predicted octanol–water partition coefficient (Wildman–Crippen LogP) is 1.69. The number of aromatic nitrogens is 3. The summed E-state index contributed by atoms with van der Waals surface area (Å²) in [5, 5.41) is 4.20. The highest BCUT2D eigenvalue weighted by Gasteiger charge is 2.09. The minimum absolute atomic E-state index is 0.119. The SMILES string of the molecule is COC(=O)c1cccc(Cn2cnc3cscc3c2=O)n1. The molecule has 0 unspecified atom stereocenters. The van der Waals surface area contributed by atoms with Crippen molar-refractivity contribution in [2.75, 3.05) is 7.11 Å². The molecule has 0 aliphatic heterocycles. The number of hydrogen-bond acceptors (Lipinski definition) is 6. The van der Waals surface area contributed by atoms with Crippen LogP contribution in [0.1, 0.15) is 16.2 Å². The fraction of sp³-hybridized carbons (Fsp3) is 0.143. The summed E-state index contributed by atoms with van der Waals surface area (Å²) >= 11 is 1.44. The van der Waals surface area contributed by atoms with Crippen molar-refractivity contribution in [3.63, 3.8) is 0 Å². The van der Waals surface area contributed by atoms with Gasteiger partial charge in [0.1, 0.15) is 5.69 Å². The van der Waals surface area contributed by atoms with E-state index in [1.807, 2.05) is 5.38 Å². The fourth-order valence-corrected chi connectivity index (χ4v) is 2.70. The van der Waals surface area contributed by atoms with Crippen molar-refractivity contribution in [2.24, 2.45) is 0 Å². The monoisotopic (exact) mass is 301 g/mol.